The summed E-state index contributed by atoms with van der Waals surface area (Å²) >= 11 is 0. The van der Waals surface area contributed by atoms with Gasteiger partial charge in [0.1, 0.15) is 43.9 Å². The molecule has 0 aromatic heterocycles. The van der Waals surface area contributed by atoms with Crippen LogP contribution in [0.25, 0.3) is 10.8 Å². The van der Waals surface area contributed by atoms with E-state index < -0.39 is 0 Å². The highest BCUT2D eigenvalue weighted by Gasteiger charge is 2.30. The molecule has 28 heavy (non-hydrogen) atoms. The summed E-state index contributed by atoms with van der Waals surface area (Å²) in [4.78, 5) is 0. The van der Waals surface area contributed by atoms with Gasteiger partial charge in [0, 0.05) is 16.3 Å². The van der Waals surface area contributed by atoms with Crippen LogP contribution in [0.15, 0.2) is 36.9 Å². The van der Waals surface area contributed by atoms with E-state index in [2.05, 4.69) is 12.6 Å². The van der Waals surface area contributed by atoms with E-state index in [1.807, 2.05) is 24.3 Å². The number of allylic oxidation sites excluding steroid dienone is 1. The Morgan fingerprint density at radius 3 is 1.75 bits per heavy atom. The summed E-state index contributed by atoms with van der Waals surface area (Å²) in [5, 5.41) is 1.97. The van der Waals surface area contributed by atoms with Gasteiger partial charge in [-0.3, -0.25) is 0 Å². The average molecular weight is 384 g/mol. The largest absolute Gasteiger partial charge is 0.490 e. The lowest BCUT2D eigenvalue weighted by Gasteiger charge is -2.22. The third-order valence-electron chi connectivity index (χ3n) is 4.97. The maximum Gasteiger partial charge on any atom is 0.169 e. The summed E-state index contributed by atoms with van der Waals surface area (Å²) < 4.78 is 34.6. The van der Waals surface area contributed by atoms with E-state index in [1.54, 1.807) is 0 Å². The van der Waals surface area contributed by atoms with E-state index in [-0.39, 0.29) is 18.3 Å². The predicted molar refractivity (Wildman–Crippen MR) is 104 cm³/mol. The van der Waals surface area contributed by atoms with Crippen LogP contribution in [0.1, 0.15) is 5.56 Å². The molecule has 3 fully saturated rings. The summed E-state index contributed by atoms with van der Waals surface area (Å²) in [7, 11) is 0. The molecule has 0 spiro atoms. The molecule has 2 aromatic carbocycles. The van der Waals surface area contributed by atoms with Gasteiger partial charge in [-0.1, -0.05) is 30.3 Å². The molecule has 148 valence electrons. The van der Waals surface area contributed by atoms with Gasteiger partial charge >= 0.3 is 0 Å². The SMILES string of the molecule is C=CCc1c(OCC2CO2)c(OCC2CO2)c2ccccc2c1OCC1CO1. The van der Waals surface area contributed by atoms with E-state index in [0.29, 0.717) is 32.0 Å². The fourth-order valence-corrected chi connectivity index (χ4v) is 3.22. The quantitative estimate of drug-likeness (QED) is 0.438. The van der Waals surface area contributed by atoms with E-state index in [9.17, 15) is 0 Å². The van der Waals surface area contributed by atoms with Crippen LogP contribution in [0.2, 0.25) is 0 Å². The summed E-state index contributed by atoms with van der Waals surface area (Å²) in [5.41, 5.74) is 0.946. The molecule has 6 heteroatoms. The second-order valence-electron chi connectivity index (χ2n) is 7.30. The molecule has 3 aliphatic heterocycles. The number of benzene rings is 2. The molecule has 0 amide bonds. The Kier molecular flexibility index (Phi) is 4.84. The Hall–Kier alpha value is -2.28. The first-order valence-corrected chi connectivity index (χ1v) is 9.75. The lowest BCUT2D eigenvalue weighted by atomic mass is 10.00. The van der Waals surface area contributed by atoms with Crippen molar-refractivity contribution >= 4 is 10.8 Å². The molecule has 0 radical (unpaired) electrons. The molecule has 0 aliphatic carbocycles. The highest BCUT2D eigenvalue weighted by atomic mass is 16.6. The molecule has 0 N–H and O–H groups in total. The zero-order valence-electron chi connectivity index (χ0n) is 15.7. The molecule has 3 atom stereocenters. The predicted octanol–water partition coefficient (Wildman–Crippen LogP) is 2.90. The van der Waals surface area contributed by atoms with Crippen LogP contribution in [-0.4, -0.2) is 58.0 Å². The highest BCUT2D eigenvalue weighted by Crippen LogP contribution is 2.47. The van der Waals surface area contributed by atoms with Gasteiger partial charge < -0.3 is 28.4 Å². The molecule has 3 unspecified atom stereocenters. The van der Waals surface area contributed by atoms with Crippen LogP contribution in [0.3, 0.4) is 0 Å². The highest BCUT2D eigenvalue weighted by molar-refractivity contribution is 5.97. The second kappa shape index (κ2) is 7.62. The summed E-state index contributed by atoms with van der Waals surface area (Å²) in [5.74, 6) is 2.26. The van der Waals surface area contributed by atoms with E-state index >= 15 is 0 Å². The Morgan fingerprint density at radius 1 is 0.786 bits per heavy atom. The summed E-state index contributed by atoms with van der Waals surface area (Å²) in [6.07, 6.45) is 2.94. The van der Waals surface area contributed by atoms with Gasteiger partial charge in [0.25, 0.3) is 0 Å². The minimum Gasteiger partial charge on any atom is -0.490 e. The Balaban J connectivity index is 1.59. The lowest BCUT2D eigenvalue weighted by molar-refractivity contribution is 0.225. The zero-order valence-corrected chi connectivity index (χ0v) is 15.7. The number of hydrogen-bond acceptors (Lipinski definition) is 6. The smallest absolute Gasteiger partial charge is 0.169 e. The first-order chi connectivity index (χ1) is 13.8. The lowest BCUT2D eigenvalue weighted by Crippen LogP contribution is -2.13. The van der Waals surface area contributed by atoms with Crippen LogP contribution >= 0.6 is 0 Å². The van der Waals surface area contributed by atoms with Crippen LogP contribution in [0.5, 0.6) is 17.2 Å². The summed E-state index contributed by atoms with van der Waals surface area (Å²) in [6, 6.07) is 8.10. The minimum absolute atomic E-state index is 0.145. The number of epoxide rings is 3. The van der Waals surface area contributed by atoms with Crippen molar-refractivity contribution in [3.05, 3.63) is 42.5 Å². The van der Waals surface area contributed by atoms with E-state index in [4.69, 9.17) is 28.4 Å². The maximum atomic E-state index is 6.22. The van der Waals surface area contributed by atoms with Crippen molar-refractivity contribution in [1.82, 2.24) is 0 Å². The van der Waals surface area contributed by atoms with Crippen molar-refractivity contribution in [1.29, 1.82) is 0 Å². The third kappa shape index (κ3) is 3.94. The first kappa shape index (κ1) is 17.8. The molecule has 6 nitrogen and oxygen atoms in total. The monoisotopic (exact) mass is 384 g/mol. The molecule has 3 aliphatic rings. The van der Waals surface area contributed by atoms with Crippen LogP contribution in [-0.2, 0) is 20.6 Å². The van der Waals surface area contributed by atoms with Gasteiger partial charge in [-0.2, -0.15) is 0 Å². The molecule has 2 aromatic rings. The molecular weight excluding hydrogens is 360 g/mol. The Labute approximate surface area is 163 Å². The van der Waals surface area contributed by atoms with Crippen molar-refractivity contribution < 1.29 is 28.4 Å². The second-order valence-corrected chi connectivity index (χ2v) is 7.30. The van der Waals surface area contributed by atoms with Crippen molar-refractivity contribution in [3.8, 4) is 17.2 Å². The minimum atomic E-state index is 0.145. The molecule has 0 bridgehead atoms. The standard InChI is InChI=1S/C22H24O6/c1-2-5-19-20(26-11-14-8-23-14)17-6-3-4-7-18(17)21(27-12-15-9-24-15)22(19)28-13-16-10-25-16/h2-4,6-7,14-16H,1,5,8-13H2. The third-order valence-corrected chi connectivity index (χ3v) is 4.97. The Morgan fingerprint density at radius 2 is 1.25 bits per heavy atom. The normalized spacial score (nSPS) is 24.6. The molecule has 0 saturated carbocycles. The molecular formula is C22H24O6. The molecule has 5 rings (SSSR count). The molecule has 3 heterocycles. The van der Waals surface area contributed by atoms with Gasteiger partial charge in [0.15, 0.2) is 11.5 Å². The van der Waals surface area contributed by atoms with Crippen molar-refractivity contribution in [2.75, 3.05) is 39.6 Å². The van der Waals surface area contributed by atoms with Crippen molar-refractivity contribution in [3.63, 3.8) is 0 Å². The zero-order chi connectivity index (χ0) is 18.9. The Bertz CT molecular complexity index is 867. The van der Waals surface area contributed by atoms with Crippen LogP contribution in [0, 0.1) is 0 Å². The average Bonchev–Trinajstić information content (AvgIpc) is 3.55. The number of rotatable bonds is 11. The van der Waals surface area contributed by atoms with Crippen LogP contribution in [0.4, 0.5) is 0 Å². The van der Waals surface area contributed by atoms with Crippen molar-refractivity contribution in [2.45, 2.75) is 24.7 Å². The van der Waals surface area contributed by atoms with E-state index in [1.165, 1.54) is 0 Å². The number of fused-ring (bicyclic) bond motifs is 1. The fourth-order valence-electron chi connectivity index (χ4n) is 3.22. The van der Waals surface area contributed by atoms with Gasteiger partial charge in [-0.25, -0.2) is 0 Å². The number of hydrogen-bond donors (Lipinski definition) is 0. The van der Waals surface area contributed by atoms with Crippen molar-refractivity contribution in [2.24, 2.45) is 0 Å². The summed E-state index contributed by atoms with van der Waals surface area (Å²) in [6.45, 7) is 7.67. The van der Waals surface area contributed by atoms with Gasteiger partial charge in [0.05, 0.1) is 19.8 Å². The molecule has 3 saturated heterocycles. The fraction of sp³-hybridized carbons (Fsp3) is 0.455. The number of ether oxygens (including phenoxy) is 6. The maximum absolute atomic E-state index is 6.22. The van der Waals surface area contributed by atoms with Gasteiger partial charge in [0.2, 0.25) is 0 Å². The topological polar surface area (TPSA) is 65.3 Å². The van der Waals surface area contributed by atoms with Crippen LogP contribution < -0.4 is 14.2 Å². The van der Waals surface area contributed by atoms with E-state index in [0.717, 1.165) is 47.7 Å². The van der Waals surface area contributed by atoms with Gasteiger partial charge in [-0.05, 0) is 6.42 Å². The first-order valence-electron chi connectivity index (χ1n) is 9.75. The van der Waals surface area contributed by atoms with Gasteiger partial charge in [-0.15, -0.1) is 6.58 Å².